The van der Waals surface area contributed by atoms with Gasteiger partial charge in [-0.2, -0.15) is 0 Å². The fourth-order valence-corrected chi connectivity index (χ4v) is 3.88. The van der Waals surface area contributed by atoms with E-state index in [9.17, 15) is 4.79 Å². The number of piperidine rings is 1. The van der Waals surface area contributed by atoms with Crippen LogP contribution in [-0.4, -0.2) is 49.0 Å². The Kier molecular flexibility index (Phi) is 11.7. The molecule has 1 saturated heterocycles. The lowest BCUT2D eigenvalue weighted by atomic mass is 10.0. The predicted molar refractivity (Wildman–Crippen MR) is 147 cm³/mol. The van der Waals surface area contributed by atoms with Crippen molar-refractivity contribution in [1.29, 1.82) is 0 Å². The number of carbonyl (C=O) groups is 1. The second kappa shape index (κ2) is 14.2. The zero-order chi connectivity index (χ0) is 22.8. The van der Waals surface area contributed by atoms with Crippen LogP contribution in [0.25, 0.3) is 0 Å². The number of carbonyl (C=O) groups excluding carboxylic acids is 1. The number of nitrogens with zero attached hydrogens (tertiary/aromatic N) is 2. The van der Waals surface area contributed by atoms with Gasteiger partial charge in [0.1, 0.15) is 0 Å². The van der Waals surface area contributed by atoms with Crippen molar-refractivity contribution in [3.05, 3.63) is 71.3 Å². The van der Waals surface area contributed by atoms with E-state index >= 15 is 0 Å². The number of benzene rings is 2. The molecule has 1 fully saturated rings. The molecule has 1 unspecified atom stereocenters. The minimum absolute atomic E-state index is 0. The topological polar surface area (TPSA) is 68.8 Å². The third-order valence-corrected chi connectivity index (χ3v) is 6.04. The minimum atomic E-state index is -0.0223. The smallest absolute Gasteiger partial charge is 0.251 e. The number of hydrogen-bond donors (Lipinski definition) is 3. The molecule has 1 amide bonds. The molecule has 7 heteroatoms. The van der Waals surface area contributed by atoms with Crippen molar-refractivity contribution in [3.63, 3.8) is 0 Å². The van der Waals surface area contributed by atoms with E-state index in [0.717, 1.165) is 50.4 Å². The molecule has 1 aliphatic heterocycles. The van der Waals surface area contributed by atoms with Gasteiger partial charge in [-0.3, -0.25) is 14.7 Å². The molecule has 33 heavy (non-hydrogen) atoms. The summed E-state index contributed by atoms with van der Waals surface area (Å²) in [6.07, 6.45) is 3.11. The molecule has 6 nitrogen and oxygen atoms in total. The van der Waals surface area contributed by atoms with Crippen molar-refractivity contribution in [3.8, 4) is 0 Å². The number of rotatable bonds is 8. The number of halogens is 1. The molecule has 3 rings (SSSR count). The van der Waals surface area contributed by atoms with Gasteiger partial charge in [0.15, 0.2) is 5.96 Å². The fourth-order valence-electron chi connectivity index (χ4n) is 3.88. The van der Waals surface area contributed by atoms with Crippen molar-refractivity contribution in [2.75, 3.05) is 20.1 Å². The van der Waals surface area contributed by atoms with Gasteiger partial charge < -0.3 is 16.0 Å². The van der Waals surface area contributed by atoms with Crippen molar-refractivity contribution >= 4 is 35.8 Å². The Bertz CT molecular complexity index is 881. The molecule has 1 heterocycles. The van der Waals surface area contributed by atoms with E-state index in [0.29, 0.717) is 18.2 Å². The molecule has 0 aliphatic carbocycles. The second-order valence-electron chi connectivity index (χ2n) is 8.59. The molecular formula is C26H38IN5O. The molecule has 3 N–H and O–H groups in total. The van der Waals surface area contributed by atoms with Crippen LogP contribution in [0.1, 0.15) is 54.6 Å². The maximum Gasteiger partial charge on any atom is 0.251 e. The van der Waals surface area contributed by atoms with Crippen molar-refractivity contribution in [2.24, 2.45) is 4.99 Å². The van der Waals surface area contributed by atoms with Gasteiger partial charge in [-0.25, -0.2) is 0 Å². The van der Waals surface area contributed by atoms with Gasteiger partial charge in [0.25, 0.3) is 5.91 Å². The average molecular weight is 564 g/mol. The summed E-state index contributed by atoms with van der Waals surface area (Å²) >= 11 is 0. The standard InChI is InChI=1S/C26H37N5O.HI/c1-4-20(2)29-25(32)23-12-8-11-22(17-23)18-28-26(27-3)30-24-13-15-31(16-14-24)19-21-9-6-5-7-10-21;/h5-12,17,20,24H,4,13-16,18-19H2,1-3H3,(H,29,32)(H2,27,28,30);1H. The molecule has 2 aromatic carbocycles. The summed E-state index contributed by atoms with van der Waals surface area (Å²) < 4.78 is 0. The molecule has 180 valence electrons. The van der Waals surface area contributed by atoms with Crippen molar-refractivity contribution in [1.82, 2.24) is 20.9 Å². The maximum atomic E-state index is 12.4. The first-order chi connectivity index (χ1) is 15.6. The first-order valence-corrected chi connectivity index (χ1v) is 11.7. The lowest BCUT2D eigenvalue weighted by Gasteiger charge is -2.33. The van der Waals surface area contributed by atoms with E-state index in [-0.39, 0.29) is 35.9 Å². The highest BCUT2D eigenvalue weighted by atomic mass is 127. The molecule has 0 spiro atoms. The Morgan fingerprint density at radius 2 is 1.79 bits per heavy atom. The van der Waals surface area contributed by atoms with E-state index in [1.807, 2.05) is 31.2 Å². The van der Waals surface area contributed by atoms with Gasteiger partial charge >= 0.3 is 0 Å². The van der Waals surface area contributed by atoms with Crippen LogP contribution in [0.15, 0.2) is 59.6 Å². The molecular weight excluding hydrogens is 525 g/mol. The Labute approximate surface area is 215 Å². The molecule has 1 atom stereocenters. The molecule has 1 aliphatic rings. The van der Waals surface area contributed by atoms with Crippen molar-refractivity contribution < 1.29 is 4.79 Å². The molecule has 2 aromatic rings. The van der Waals surface area contributed by atoms with Gasteiger partial charge in [-0.1, -0.05) is 49.4 Å². The highest BCUT2D eigenvalue weighted by Gasteiger charge is 2.20. The number of aliphatic imine (C=N–C) groups is 1. The quantitative estimate of drug-likeness (QED) is 0.257. The van der Waals surface area contributed by atoms with Crippen LogP contribution in [-0.2, 0) is 13.1 Å². The van der Waals surface area contributed by atoms with Gasteiger partial charge in [0.2, 0.25) is 0 Å². The summed E-state index contributed by atoms with van der Waals surface area (Å²) in [5, 5.41) is 9.98. The van der Waals surface area contributed by atoms with E-state index in [1.165, 1.54) is 5.56 Å². The van der Waals surface area contributed by atoms with E-state index < -0.39 is 0 Å². The largest absolute Gasteiger partial charge is 0.354 e. The van der Waals surface area contributed by atoms with Gasteiger partial charge in [-0.15, -0.1) is 24.0 Å². The Morgan fingerprint density at radius 1 is 1.09 bits per heavy atom. The summed E-state index contributed by atoms with van der Waals surface area (Å²) in [7, 11) is 1.80. The number of amides is 1. The van der Waals surface area contributed by atoms with Crippen LogP contribution in [0, 0.1) is 0 Å². The maximum absolute atomic E-state index is 12.4. The second-order valence-corrected chi connectivity index (χ2v) is 8.59. The summed E-state index contributed by atoms with van der Waals surface area (Å²) in [4.78, 5) is 19.3. The summed E-state index contributed by atoms with van der Waals surface area (Å²) in [5.74, 6) is 0.784. The van der Waals surface area contributed by atoms with Crippen LogP contribution in [0.3, 0.4) is 0 Å². The number of likely N-dealkylation sites (tertiary alicyclic amines) is 1. The lowest BCUT2D eigenvalue weighted by Crippen LogP contribution is -2.48. The van der Waals surface area contributed by atoms with Crippen molar-refractivity contribution in [2.45, 2.75) is 58.3 Å². The van der Waals surface area contributed by atoms with Crippen LogP contribution < -0.4 is 16.0 Å². The third kappa shape index (κ3) is 8.97. The van der Waals surface area contributed by atoms with E-state index in [1.54, 1.807) is 7.05 Å². The molecule has 0 aromatic heterocycles. The van der Waals surface area contributed by atoms with E-state index in [4.69, 9.17) is 0 Å². The normalized spacial score (nSPS) is 15.9. The van der Waals surface area contributed by atoms with E-state index in [2.05, 4.69) is 63.1 Å². The zero-order valence-corrected chi connectivity index (χ0v) is 22.3. The Balaban J connectivity index is 0.00000385. The highest BCUT2D eigenvalue weighted by Crippen LogP contribution is 2.14. The van der Waals surface area contributed by atoms with Crippen LogP contribution in [0.4, 0.5) is 0 Å². The van der Waals surface area contributed by atoms with Gasteiger partial charge in [0.05, 0.1) is 0 Å². The highest BCUT2D eigenvalue weighted by molar-refractivity contribution is 14.0. The van der Waals surface area contributed by atoms with Crippen LogP contribution in [0.2, 0.25) is 0 Å². The van der Waals surface area contributed by atoms with Crippen LogP contribution in [0.5, 0.6) is 0 Å². The SMILES string of the molecule is CCC(C)NC(=O)c1cccc(CNC(=NC)NC2CCN(Cc3ccccc3)CC2)c1.I. The summed E-state index contributed by atoms with van der Waals surface area (Å²) in [6.45, 7) is 7.88. The van der Waals surface area contributed by atoms with Crippen LogP contribution >= 0.6 is 24.0 Å². The number of guanidine groups is 1. The minimum Gasteiger partial charge on any atom is -0.354 e. The third-order valence-electron chi connectivity index (χ3n) is 6.04. The molecule has 0 bridgehead atoms. The zero-order valence-electron chi connectivity index (χ0n) is 20.0. The lowest BCUT2D eigenvalue weighted by molar-refractivity contribution is 0.0939. The number of hydrogen-bond acceptors (Lipinski definition) is 3. The summed E-state index contributed by atoms with van der Waals surface area (Å²) in [5.41, 5.74) is 3.12. The Hall–Kier alpha value is -2.13. The predicted octanol–water partition coefficient (Wildman–Crippen LogP) is 4.16. The Morgan fingerprint density at radius 3 is 2.45 bits per heavy atom. The first-order valence-electron chi connectivity index (χ1n) is 11.7. The average Bonchev–Trinajstić information content (AvgIpc) is 2.83. The molecule has 0 saturated carbocycles. The van der Waals surface area contributed by atoms with Gasteiger partial charge in [0, 0.05) is 50.9 Å². The van der Waals surface area contributed by atoms with Gasteiger partial charge in [-0.05, 0) is 49.4 Å². The first kappa shape index (κ1) is 27.1. The fraction of sp³-hybridized carbons (Fsp3) is 0.462. The molecule has 0 radical (unpaired) electrons. The number of nitrogens with one attached hydrogen (secondary N) is 3. The summed E-state index contributed by atoms with van der Waals surface area (Å²) in [6, 6.07) is 19.0. The monoisotopic (exact) mass is 563 g/mol.